The first-order valence-electron chi connectivity index (χ1n) is 6.17. The molecule has 0 amide bonds. The molecule has 0 spiro atoms. The van der Waals surface area contributed by atoms with Crippen molar-refractivity contribution in [3.63, 3.8) is 0 Å². The number of rotatable bonds is 3. The minimum absolute atomic E-state index is 0.0414. The van der Waals surface area contributed by atoms with Crippen molar-refractivity contribution in [1.82, 2.24) is 0 Å². The van der Waals surface area contributed by atoms with Crippen LogP contribution in [0.4, 0.5) is 4.39 Å². The van der Waals surface area contributed by atoms with Gasteiger partial charge in [-0.25, -0.2) is 4.39 Å². The summed E-state index contributed by atoms with van der Waals surface area (Å²) in [4.78, 5) is 12.5. The van der Waals surface area contributed by atoms with Gasteiger partial charge in [-0.1, -0.05) is 18.6 Å². The number of ketones is 1. The molecule has 1 fully saturated rings. The van der Waals surface area contributed by atoms with Gasteiger partial charge in [0.1, 0.15) is 5.82 Å². The Morgan fingerprint density at radius 3 is 2.83 bits per heavy atom. The summed E-state index contributed by atoms with van der Waals surface area (Å²) in [5.74, 6) is 1.63. The van der Waals surface area contributed by atoms with Crippen LogP contribution >= 0.6 is 23.5 Å². The molecule has 18 heavy (non-hydrogen) atoms. The second-order valence-electron chi connectivity index (χ2n) is 4.46. The van der Waals surface area contributed by atoms with Gasteiger partial charge in [-0.2, -0.15) is 11.8 Å². The quantitative estimate of drug-likeness (QED) is 0.783. The summed E-state index contributed by atoms with van der Waals surface area (Å²) in [6.45, 7) is 3.98. The van der Waals surface area contributed by atoms with Crippen LogP contribution in [0.15, 0.2) is 18.2 Å². The second kappa shape index (κ2) is 6.11. The lowest BCUT2D eigenvalue weighted by molar-refractivity contribution is 0.0984. The van der Waals surface area contributed by atoms with Crippen LogP contribution in [0.5, 0.6) is 0 Å². The van der Waals surface area contributed by atoms with E-state index in [1.54, 1.807) is 23.9 Å². The van der Waals surface area contributed by atoms with Crippen molar-refractivity contribution in [2.45, 2.75) is 30.8 Å². The molecule has 0 aliphatic carbocycles. The van der Waals surface area contributed by atoms with Crippen LogP contribution in [-0.4, -0.2) is 27.8 Å². The average Bonchev–Trinajstić information content (AvgIpc) is 2.40. The summed E-state index contributed by atoms with van der Waals surface area (Å²) in [6.07, 6.45) is 0.960. The predicted octanol–water partition coefficient (Wildman–Crippen LogP) is 3.94. The summed E-state index contributed by atoms with van der Waals surface area (Å²) in [5.41, 5.74) is 1.19. The molecule has 0 saturated carbocycles. The number of carbonyl (C=O) groups excluding carboxylic acids is 1. The maximum Gasteiger partial charge on any atom is 0.179 e. The van der Waals surface area contributed by atoms with Crippen molar-refractivity contribution < 1.29 is 9.18 Å². The number of carbonyl (C=O) groups is 1. The smallest absolute Gasteiger partial charge is 0.179 e. The molecule has 1 saturated heterocycles. The molecule has 1 aromatic carbocycles. The van der Waals surface area contributed by atoms with E-state index in [1.807, 2.05) is 18.7 Å². The largest absolute Gasteiger partial charge is 0.293 e. The monoisotopic (exact) mass is 284 g/mol. The summed E-state index contributed by atoms with van der Waals surface area (Å²) < 4.78 is 13.8. The Labute approximate surface area is 116 Å². The topological polar surface area (TPSA) is 17.1 Å². The molecule has 98 valence electrons. The highest BCUT2D eigenvalue weighted by Gasteiger charge is 2.32. The first-order valence-corrected chi connectivity index (χ1v) is 8.26. The van der Waals surface area contributed by atoms with Crippen LogP contribution in [0.2, 0.25) is 0 Å². The average molecular weight is 284 g/mol. The summed E-state index contributed by atoms with van der Waals surface area (Å²) in [7, 11) is 0. The molecule has 1 nitrogen and oxygen atoms in total. The summed E-state index contributed by atoms with van der Waals surface area (Å²) in [5, 5.41) is 0.223. The van der Waals surface area contributed by atoms with E-state index in [0.717, 1.165) is 23.5 Å². The minimum Gasteiger partial charge on any atom is -0.293 e. The van der Waals surface area contributed by atoms with Crippen molar-refractivity contribution in [3.8, 4) is 0 Å². The van der Waals surface area contributed by atoms with Gasteiger partial charge < -0.3 is 0 Å². The Balaban J connectivity index is 2.26. The minimum atomic E-state index is -0.392. The number of halogens is 1. The van der Waals surface area contributed by atoms with Gasteiger partial charge in [0.25, 0.3) is 0 Å². The Morgan fingerprint density at radius 1 is 1.39 bits per heavy atom. The molecule has 1 heterocycles. The third-order valence-corrected chi connectivity index (χ3v) is 6.34. The molecule has 0 aromatic heterocycles. The van der Waals surface area contributed by atoms with Gasteiger partial charge in [0.2, 0.25) is 0 Å². The van der Waals surface area contributed by atoms with Crippen molar-refractivity contribution >= 4 is 29.3 Å². The van der Waals surface area contributed by atoms with E-state index in [1.165, 1.54) is 6.07 Å². The first kappa shape index (κ1) is 13.9. The number of thioether (sulfide) groups is 2. The van der Waals surface area contributed by atoms with Gasteiger partial charge >= 0.3 is 0 Å². The molecule has 2 atom stereocenters. The van der Waals surface area contributed by atoms with Crippen LogP contribution in [0.3, 0.4) is 0 Å². The Hall–Kier alpha value is -0.480. The van der Waals surface area contributed by atoms with Crippen LogP contribution < -0.4 is 0 Å². The zero-order valence-electron chi connectivity index (χ0n) is 10.6. The molecule has 1 aliphatic rings. The zero-order valence-corrected chi connectivity index (χ0v) is 12.2. The summed E-state index contributed by atoms with van der Waals surface area (Å²) in [6, 6.07) is 4.76. The fourth-order valence-corrected chi connectivity index (χ4v) is 5.14. The van der Waals surface area contributed by atoms with Gasteiger partial charge in [-0.05, 0) is 25.5 Å². The standard InChI is InChI=1S/C14H17FOS2/c1-3-12-14(18-7-6-17-12)13(16)10-8-9(2)4-5-11(10)15/h4-5,8,12,14H,3,6-7H2,1-2H3. The molecule has 4 heteroatoms. The lowest BCUT2D eigenvalue weighted by Crippen LogP contribution is -2.33. The van der Waals surface area contributed by atoms with Gasteiger partial charge in [0, 0.05) is 16.8 Å². The highest BCUT2D eigenvalue weighted by atomic mass is 32.2. The molecular weight excluding hydrogens is 267 g/mol. The highest BCUT2D eigenvalue weighted by Crippen LogP contribution is 2.35. The summed E-state index contributed by atoms with van der Waals surface area (Å²) >= 11 is 3.52. The Morgan fingerprint density at radius 2 is 2.11 bits per heavy atom. The molecule has 2 unspecified atom stereocenters. The maximum atomic E-state index is 13.8. The fraction of sp³-hybridized carbons (Fsp3) is 0.500. The fourth-order valence-electron chi connectivity index (χ4n) is 2.13. The van der Waals surface area contributed by atoms with Crippen LogP contribution in [0.25, 0.3) is 0 Å². The Kier molecular flexibility index (Phi) is 4.73. The number of hydrogen-bond donors (Lipinski definition) is 0. The van der Waals surface area contributed by atoms with Gasteiger partial charge in [-0.3, -0.25) is 4.79 Å². The van der Waals surface area contributed by atoms with Crippen LogP contribution in [0.1, 0.15) is 29.3 Å². The lowest BCUT2D eigenvalue weighted by atomic mass is 10.0. The van der Waals surface area contributed by atoms with Crippen LogP contribution in [-0.2, 0) is 0 Å². The zero-order chi connectivity index (χ0) is 13.1. The van der Waals surface area contributed by atoms with Gasteiger partial charge in [-0.15, -0.1) is 11.8 Å². The lowest BCUT2D eigenvalue weighted by Gasteiger charge is -2.28. The van der Waals surface area contributed by atoms with Crippen molar-refractivity contribution in [3.05, 3.63) is 35.1 Å². The predicted molar refractivity (Wildman–Crippen MR) is 78.3 cm³/mol. The van der Waals surface area contributed by atoms with E-state index < -0.39 is 5.82 Å². The number of hydrogen-bond acceptors (Lipinski definition) is 3. The van der Waals surface area contributed by atoms with E-state index in [2.05, 4.69) is 6.92 Å². The number of aryl methyl sites for hydroxylation is 1. The molecule has 1 aliphatic heterocycles. The van der Waals surface area contributed by atoms with E-state index in [0.29, 0.717) is 5.25 Å². The molecule has 0 radical (unpaired) electrons. The molecule has 2 rings (SSSR count). The van der Waals surface area contributed by atoms with E-state index >= 15 is 0 Å². The molecule has 0 bridgehead atoms. The number of benzene rings is 1. The van der Waals surface area contributed by atoms with Crippen molar-refractivity contribution in [2.24, 2.45) is 0 Å². The first-order chi connectivity index (χ1) is 8.63. The van der Waals surface area contributed by atoms with Gasteiger partial charge in [0.05, 0.1) is 10.8 Å². The van der Waals surface area contributed by atoms with Crippen molar-refractivity contribution in [1.29, 1.82) is 0 Å². The SMILES string of the molecule is CCC1SCCSC1C(=O)c1cc(C)ccc1F. The molecule has 0 N–H and O–H groups in total. The highest BCUT2D eigenvalue weighted by molar-refractivity contribution is 8.07. The van der Waals surface area contributed by atoms with Crippen molar-refractivity contribution in [2.75, 3.05) is 11.5 Å². The third-order valence-electron chi connectivity index (χ3n) is 3.10. The number of Topliss-reactive ketones (excluding diaryl/α,β-unsaturated/α-hetero) is 1. The van der Waals surface area contributed by atoms with E-state index in [4.69, 9.17) is 0 Å². The van der Waals surface area contributed by atoms with Crippen LogP contribution in [0, 0.1) is 12.7 Å². The van der Waals surface area contributed by atoms with E-state index in [9.17, 15) is 9.18 Å². The van der Waals surface area contributed by atoms with Gasteiger partial charge in [0.15, 0.2) is 5.78 Å². The third kappa shape index (κ3) is 2.91. The van der Waals surface area contributed by atoms with E-state index in [-0.39, 0.29) is 16.6 Å². The maximum absolute atomic E-state index is 13.8. The molecule has 1 aromatic rings. The Bertz CT molecular complexity index is 447. The second-order valence-corrected chi connectivity index (χ2v) is 7.05. The normalized spacial score (nSPS) is 23.9. The molecular formula is C14H17FOS2.